The van der Waals surface area contributed by atoms with Gasteiger partial charge in [-0.25, -0.2) is 9.37 Å². The third kappa shape index (κ3) is 2.27. The van der Waals surface area contributed by atoms with Gasteiger partial charge in [0.2, 0.25) is 0 Å². The lowest BCUT2D eigenvalue weighted by Gasteiger charge is -2.07. The molecule has 0 saturated heterocycles. The number of hydrogen-bond acceptors (Lipinski definition) is 3. The minimum absolute atomic E-state index is 0.286. The van der Waals surface area contributed by atoms with Crippen LogP contribution in [-0.4, -0.2) is 12.0 Å². The average Bonchev–Trinajstić information content (AvgIpc) is 2.38. The Hall–Kier alpha value is -2.12. The molecule has 1 aromatic carbocycles. The Bertz CT molecular complexity index is 635. The largest absolute Gasteiger partial charge is 0.372 e. The van der Waals surface area contributed by atoms with Crippen molar-refractivity contribution in [3.05, 3.63) is 46.7 Å². The molecule has 1 heterocycles. The molecule has 1 N–H and O–H groups in total. The van der Waals surface area contributed by atoms with Gasteiger partial charge in [0, 0.05) is 12.6 Å². The Labute approximate surface area is 109 Å². The molecule has 18 heavy (non-hydrogen) atoms. The summed E-state index contributed by atoms with van der Waals surface area (Å²) in [5.41, 5.74) is 1.65. The molecule has 0 fully saturated rings. The summed E-state index contributed by atoms with van der Waals surface area (Å²) in [6.07, 6.45) is 0. The molecule has 0 spiro atoms. The van der Waals surface area contributed by atoms with Gasteiger partial charge in [-0.1, -0.05) is 11.6 Å². The smallest absolute Gasteiger partial charge is 0.144 e. The van der Waals surface area contributed by atoms with Crippen LogP contribution in [0.4, 0.5) is 10.2 Å². The van der Waals surface area contributed by atoms with Gasteiger partial charge in [0.05, 0.1) is 16.3 Å². The number of nitrogens with one attached hydrogen (secondary N) is 1. The van der Waals surface area contributed by atoms with Crippen LogP contribution in [0.5, 0.6) is 0 Å². The second-order valence-corrected chi connectivity index (χ2v) is 3.99. The number of benzene rings is 1. The summed E-state index contributed by atoms with van der Waals surface area (Å²) in [7, 11) is 1.68. The van der Waals surface area contributed by atoms with E-state index in [0.29, 0.717) is 22.6 Å². The van der Waals surface area contributed by atoms with Gasteiger partial charge in [0.1, 0.15) is 17.7 Å². The Balaban J connectivity index is 2.55. The number of hydrogen-bond donors (Lipinski definition) is 1. The van der Waals surface area contributed by atoms with E-state index in [-0.39, 0.29) is 5.02 Å². The number of nitriles is 1. The summed E-state index contributed by atoms with van der Waals surface area (Å²) in [5, 5.41) is 12.0. The van der Waals surface area contributed by atoms with Crippen LogP contribution in [0.25, 0.3) is 11.3 Å². The van der Waals surface area contributed by atoms with Crippen molar-refractivity contribution in [3.8, 4) is 17.3 Å². The van der Waals surface area contributed by atoms with Crippen LogP contribution < -0.4 is 5.32 Å². The summed E-state index contributed by atoms with van der Waals surface area (Å²) in [5.74, 6) is 0.0710. The van der Waals surface area contributed by atoms with E-state index in [0.717, 1.165) is 0 Å². The molecule has 0 aliphatic rings. The van der Waals surface area contributed by atoms with E-state index in [1.54, 1.807) is 25.2 Å². The fourth-order valence-corrected chi connectivity index (χ4v) is 1.85. The second-order valence-electron chi connectivity index (χ2n) is 3.58. The topological polar surface area (TPSA) is 48.7 Å². The van der Waals surface area contributed by atoms with Gasteiger partial charge in [-0.3, -0.25) is 0 Å². The number of nitrogens with zero attached hydrogens (tertiary/aromatic N) is 2. The fraction of sp³-hybridized carbons (Fsp3) is 0.0769. The number of rotatable bonds is 2. The first-order valence-corrected chi connectivity index (χ1v) is 5.58. The van der Waals surface area contributed by atoms with Crippen molar-refractivity contribution in [1.29, 1.82) is 5.26 Å². The number of halogens is 2. The van der Waals surface area contributed by atoms with Crippen LogP contribution >= 0.6 is 11.6 Å². The molecule has 0 bridgehead atoms. The molecule has 0 saturated carbocycles. The summed E-state index contributed by atoms with van der Waals surface area (Å²) in [4.78, 5) is 4.28. The van der Waals surface area contributed by atoms with Crippen LogP contribution in [0.3, 0.4) is 0 Å². The van der Waals surface area contributed by atoms with Crippen LogP contribution in [0.1, 0.15) is 5.56 Å². The lowest BCUT2D eigenvalue weighted by molar-refractivity contribution is 0.628. The van der Waals surface area contributed by atoms with Crippen LogP contribution in [0.15, 0.2) is 30.3 Å². The molecule has 90 valence electrons. The van der Waals surface area contributed by atoms with Gasteiger partial charge in [0.25, 0.3) is 0 Å². The first kappa shape index (κ1) is 12.3. The second kappa shape index (κ2) is 5.03. The predicted octanol–water partition coefficient (Wildman–Crippen LogP) is 3.45. The molecule has 1 aromatic heterocycles. The van der Waals surface area contributed by atoms with Gasteiger partial charge in [-0.2, -0.15) is 5.26 Å². The van der Waals surface area contributed by atoms with Crippen molar-refractivity contribution in [2.45, 2.75) is 0 Å². The van der Waals surface area contributed by atoms with Gasteiger partial charge in [0.15, 0.2) is 0 Å². The molecule has 2 rings (SSSR count). The molecular weight excluding hydrogens is 253 g/mol. The van der Waals surface area contributed by atoms with E-state index < -0.39 is 5.82 Å². The van der Waals surface area contributed by atoms with Crippen molar-refractivity contribution in [2.24, 2.45) is 0 Å². The maximum absolute atomic E-state index is 13.0. The van der Waals surface area contributed by atoms with E-state index in [1.165, 1.54) is 12.1 Å². The van der Waals surface area contributed by atoms with Gasteiger partial charge >= 0.3 is 0 Å². The van der Waals surface area contributed by atoms with E-state index in [1.807, 2.05) is 6.07 Å². The fourth-order valence-electron chi connectivity index (χ4n) is 1.59. The Morgan fingerprint density at radius 1 is 1.33 bits per heavy atom. The van der Waals surface area contributed by atoms with Gasteiger partial charge in [-0.15, -0.1) is 0 Å². The van der Waals surface area contributed by atoms with E-state index in [9.17, 15) is 4.39 Å². The number of pyridine rings is 1. The van der Waals surface area contributed by atoms with Gasteiger partial charge in [-0.05, 0) is 30.3 Å². The Kier molecular flexibility index (Phi) is 3.45. The molecule has 0 aliphatic heterocycles. The third-order valence-corrected chi connectivity index (χ3v) is 2.77. The van der Waals surface area contributed by atoms with Crippen molar-refractivity contribution < 1.29 is 4.39 Å². The Morgan fingerprint density at radius 3 is 2.72 bits per heavy atom. The number of anilines is 1. The highest BCUT2D eigenvalue weighted by atomic mass is 35.5. The normalized spacial score (nSPS) is 9.89. The summed E-state index contributed by atoms with van der Waals surface area (Å²) in [6.45, 7) is 0. The maximum Gasteiger partial charge on any atom is 0.144 e. The standard InChI is InChI=1S/C13H9ClFN3/c1-17-13-8(7-16)2-5-12(18-13)10-4-3-9(15)6-11(10)14/h2-6H,1H3,(H,17,18). The van der Waals surface area contributed by atoms with Crippen molar-refractivity contribution in [2.75, 3.05) is 12.4 Å². The molecule has 0 radical (unpaired) electrons. The quantitative estimate of drug-likeness (QED) is 0.901. The minimum atomic E-state index is -0.397. The first-order chi connectivity index (χ1) is 8.65. The van der Waals surface area contributed by atoms with Crippen molar-refractivity contribution in [3.63, 3.8) is 0 Å². The molecule has 0 atom stereocenters. The average molecular weight is 262 g/mol. The molecule has 2 aromatic rings. The van der Waals surface area contributed by atoms with Crippen LogP contribution in [-0.2, 0) is 0 Å². The van der Waals surface area contributed by atoms with Gasteiger partial charge < -0.3 is 5.32 Å². The molecule has 0 unspecified atom stereocenters. The zero-order valence-corrected chi connectivity index (χ0v) is 10.3. The molecule has 0 aliphatic carbocycles. The minimum Gasteiger partial charge on any atom is -0.372 e. The van der Waals surface area contributed by atoms with E-state index in [2.05, 4.69) is 10.3 Å². The first-order valence-electron chi connectivity index (χ1n) is 5.20. The number of aromatic nitrogens is 1. The molecular formula is C13H9ClFN3. The van der Waals surface area contributed by atoms with E-state index >= 15 is 0 Å². The molecule has 3 nitrogen and oxygen atoms in total. The summed E-state index contributed by atoms with van der Waals surface area (Å²) < 4.78 is 13.0. The van der Waals surface area contributed by atoms with Crippen LogP contribution in [0.2, 0.25) is 5.02 Å². The predicted molar refractivity (Wildman–Crippen MR) is 68.9 cm³/mol. The monoisotopic (exact) mass is 261 g/mol. The lowest BCUT2D eigenvalue weighted by atomic mass is 10.1. The SMILES string of the molecule is CNc1nc(-c2ccc(F)cc2Cl)ccc1C#N. The van der Waals surface area contributed by atoms with Crippen LogP contribution in [0, 0.1) is 17.1 Å². The van der Waals surface area contributed by atoms with Crippen molar-refractivity contribution in [1.82, 2.24) is 4.98 Å². The zero-order chi connectivity index (χ0) is 13.1. The summed E-state index contributed by atoms with van der Waals surface area (Å²) >= 11 is 5.97. The van der Waals surface area contributed by atoms with Crippen molar-refractivity contribution >= 4 is 17.4 Å². The lowest BCUT2D eigenvalue weighted by Crippen LogP contribution is -1.97. The highest BCUT2D eigenvalue weighted by Gasteiger charge is 2.09. The maximum atomic E-state index is 13.0. The molecule has 0 amide bonds. The Morgan fingerprint density at radius 2 is 2.11 bits per heavy atom. The third-order valence-electron chi connectivity index (χ3n) is 2.46. The highest BCUT2D eigenvalue weighted by molar-refractivity contribution is 6.33. The zero-order valence-electron chi connectivity index (χ0n) is 9.54. The van der Waals surface area contributed by atoms with E-state index in [4.69, 9.17) is 16.9 Å². The highest BCUT2D eigenvalue weighted by Crippen LogP contribution is 2.28. The summed E-state index contributed by atoms with van der Waals surface area (Å²) in [6, 6.07) is 9.47. The molecule has 5 heteroatoms.